The van der Waals surface area contributed by atoms with Crippen LogP contribution in [0.3, 0.4) is 0 Å². The van der Waals surface area contributed by atoms with Crippen LogP contribution in [-0.4, -0.2) is 16.1 Å². The monoisotopic (exact) mass is 182 g/mol. The lowest BCUT2D eigenvalue weighted by molar-refractivity contribution is -0.126. The van der Waals surface area contributed by atoms with E-state index < -0.39 is 0 Å². The van der Waals surface area contributed by atoms with Crippen molar-refractivity contribution in [3.8, 4) is 0 Å². The van der Waals surface area contributed by atoms with E-state index in [-0.39, 0.29) is 5.91 Å². The van der Waals surface area contributed by atoms with E-state index in [1.165, 1.54) is 0 Å². The number of thiol groups is 1. The van der Waals surface area contributed by atoms with Gasteiger partial charge in [0.25, 0.3) is 0 Å². The second kappa shape index (κ2) is 5.28. The molecule has 0 saturated carbocycles. The molecular formula is C3H6N2OS3-2. The number of hydrazine groups is 1. The molecule has 0 saturated heterocycles. The second-order valence-corrected chi connectivity index (χ2v) is 2.25. The molecule has 6 heteroatoms. The number of hydrogen-bond donors (Lipinski definition) is 2. The van der Waals surface area contributed by atoms with E-state index in [2.05, 4.69) is 43.1 Å². The van der Waals surface area contributed by atoms with Crippen LogP contribution in [0.1, 0.15) is 6.42 Å². The van der Waals surface area contributed by atoms with Gasteiger partial charge in [0.15, 0.2) is 0 Å². The number of hydrogen-bond acceptors (Lipinski definition) is 5. The van der Waals surface area contributed by atoms with Gasteiger partial charge >= 0.3 is 0 Å². The number of carbonyl (C=O) groups is 1. The Bertz CT molecular complexity index is 99.1. The molecule has 0 spiro atoms. The molecule has 0 radical (unpaired) electrons. The summed E-state index contributed by atoms with van der Waals surface area (Å²) in [5.41, 5.74) is 0. The van der Waals surface area contributed by atoms with Gasteiger partial charge in [-0.15, -0.1) is 0 Å². The molecule has 0 fully saturated rings. The zero-order chi connectivity index (χ0) is 7.28. The smallest absolute Gasteiger partial charge is 0.213 e. The zero-order valence-electron chi connectivity index (χ0n) is 4.53. The predicted octanol–water partition coefficient (Wildman–Crippen LogP) is -0.437. The summed E-state index contributed by atoms with van der Waals surface area (Å²) in [6.07, 6.45) is 0.316. The van der Waals surface area contributed by atoms with Crippen LogP contribution in [0, 0.1) is 0 Å². The largest absolute Gasteiger partial charge is 0.683 e. The molecule has 0 aliphatic carbocycles. The minimum Gasteiger partial charge on any atom is -0.683 e. The summed E-state index contributed by atoms with van der Waals surface area (Å²) in [5, 5.41) is 0. The first-order valence-electron chi connectivity index (χ1n) is 2.21. The van der Waals surface area contributed by atoms with Crippen molar-refractivity contribution >= 4 is 44.2 Å². The van der Waals surface area contributed by atoms with Gasteiger partial charge in [-0.2, -0.15) is 12.6 Å². The summed E-state index contributed by atoms with van der Waals surface area (Å²) in [6.45, 7) is 0. The van der Waals surface area contributed by atoms with Crippen LogP contribution in [0.15, 0.2) is 0 Å². The van der Waals surface area contributed by atoms with E-state index in [1.807, 2.05) is 0 Å². The van der Waals surface area contributed by atoms with Crippen LogP contribution >= 0.6 is 12.6 Å². The first-order valence-corrected chi connectivity index (χ1v) is 3.61. The highest BCUT2D eigenvalue weighted by Crippen LogP contribution is 1.88. The molecule has 0 unspecified atom stereocenters. The normalized spacial score (nSPS) is 9.22. The molecule has 1 amide bonds. The Kier molecular flexibility index (Phi) is 5.56. The molecule has 0 aromatic heterocycles. The molecule has 1 N–H and O–H groups in total. The lowest BCUT2D eigenvalue weighted by atomic mass is 10.5. The summed E-state index contributed by atoms with van der Waals surface area (Å²) < 4.78 is 0.839. The molecule has 0 aliphatic heterocycles. The molecule has 0 aromatic rings. The molecule has 54 valence electrons. The highest BCUT2D eigenvalue weighted by atomic mass is 32.1. The highest BCUT2D eigenvalue weighted by Gasteiger charge is 1.94. The van der Waals surface area contributed by atoms with Crippen LogP contribution in [0.25, 0.3) is 0 Å². The predicted molar refractivity (Wildman–Crippen MR) is 43.2 cm³/mol. The maximum Gasteiger partial charge on any atom is 0.213 e. The first-order chi connectivity index (χ1) is 4.22. The van der Waals surface area contributed by atoms with Crippen molar-refractivity contribution in [1.29, 1.82) is 0 Å². The standard InChI is InChI=1S/C3H6N2OS3/c6-3(1-2-7)5(9)4-8/h4,7H,1-2H2/q-2. The molecule has 0 aromatic carbocycles. The van der Waals surface area contributed by atoms with Crippen LogP contribution in [0.2, 0.25) is 0 Å². The molecule has 0 aliphatic rings. The SMILES string of the molecule is O=C(CCS)N([S-])N[S-]. The summed E-state index contributed by atoms with van der Waals surface area (Å²) in [6, 6.07) is 0. The van der Waals surface area contributed by atoms with Gasteiger partial charge in [0.1, 0.15) is 0 Å². The van der Waals surface area contributed by atoms with Gasteiger partial charge < -0.3 is 34.9 Å². The Morgan fingerprint density at radius 3 is 2.67 bits per heavy atom. The van der Waals surface area contributed by atoms with E-state index in [0.717, 1.165) is 4.41 Å². The average molecular weight is 182 g/mol. The van der Waals surface area contributed by atoms with E-state index in [9.17, 15) is 4.79 Å². The number of amides is 1. The van der Waals surface area contributed by atoms with Crippen LogP contribution in [0.4, 0.5) is 0 Å². The number of rotatable bonds is 3. The van der Waals surface area contributed by atoms with E-state index in [1.54, 1.807) is 0 Å². The number of carbonyl (C=O) groups excluding carboxylic acids is 1. The molecule has 0 bridgehead atoms. The average Bonchev–Trinajstić information content (AvgIpc) is 1.87. The molecular weight excluding hydrogens is 176 g/mol. The Labute approximate surface area is 70.6 Å². The molecule has 0 rings (SSSR count). The van der Waals surface area contributed by atoms with Gasteiger partial charge in [-0.05, 0) is 5.75 Å². The van der Waals surface area contributed by atoms with Gasteiger partial charge in [0.2, 0.25) is 5.91 Å². The highest BCUT2D eigenvalue weighted by molar-refractivity contribution is 7.80. The molecule has 0 atom stereocenters. The van der Waals surface area contributed by atoms with Crippen LogP contribution < -0.4 is 4.83 Å². The third-order valence-electron chi connectivity index (χ3n) is 0.635. The van der Waals surface area contributed by atoms with E-state index >= 15 is 0 Å². The zero-order valence-corrected chi connectivity index (χ0v) is 7.06. The molecule has 0 heterocycles. The van der Waals surface area contributed by atoms with Gasteiger partial charge in [-0.25, -0.2) is 0 Å². The lowest BCUT2D eigenvalue weighted by Crippen LogP contribution is -2.34. The van der Waals surface area contributed by atoms with Crippen molar-refractivity contribution < 1.29 is 4.79 Å². The van der Waals surface area contributed by atoms with E-state index in [0.29, 0.717) is 12.2 Å². The van der Waals surface area contributed by atoms with Crippen molar-refractivity contribution in [1.82, 2.24) is 9.25 Å². The molecule has 9 heavy (non-hydrogen) atoms. The molecule has 3 nitrogen and oxygen atoms in total. The van der Waals surface area contributed by atoms with Gasteiger partial charge in [-0.1, -0.05) is 0 Å². The van der Waals surface area contributed by atoms with Crippen molar-refractivity contribution in [2.45, 2.75) is 6.42 Å². The van der Waals surface area contributed by atoms with E-state index in [4.69, 9.17) is 0 Å². The van der Waals surface area contributed by atoms with Crippen LogP contribution in [-0.2, 0) is 30.4 Å². The topological polar surface area (TPSA) is 32.3 Å². The minimum atomic E-state index is -0.227. The Balaban J connectivity index is 3.46. The second-order valence-electron chi connectivity index (χ2n) is 1.25. The Morgan fingerprint density at radius 2 is 2.33 bits per heavy atom. The Morgan fingerprint density at radius 1 is 1.78 bits per heavy atom. The lowest BCUT2D eigenvalue weighted by Gasteiger charge is -2.34. The van der Waals surface area contributed by atoms with Gasteiger partial charge in [0, 0.05) is 6.42 Å². The fraction of sp³-hybridized carbons (Fsp3) is 0.667. The van der Waals surface area contributed by atoms with Gasteiger partial charge in [0.05, 0.1) is 0 Å². The summed E-state index contributed by atoms with van der Waals surface area (Å²) in [5.74, 6) is 0.262. The summed E-state index contributed by atoms with van der Waals surface area (Å²) in [7, 11) is 0. The Hall–Kier alpha value is 0.480. The maximum absolute atomic E-state index is 10.6. The summed E-state index contributed by atoms with van der Waals surface area (Å²) >= 11 is 12.6. The van der Waals surface area contributed by atoms with Crippen molar-refractivity contribution in [2.75, 3.05) is 5.75 Å². The van der Waals surface area contributed by atoms with Crippen molar-refractivity contribution in [2.24, 2.45) is 0 Å². The fourth-order valence-electron chi connectivity index (χ4n) is 0.248. The van der Waals surface area contributed by atoms with Crippen LogP contribution in [0.5, 0.6) is 0 Å². The third-order valence-corrected chi connectivity index (χ3v) is 1.45. The quantitative estimate of drug-likeness (QED) is 0.352. The number of nitrogens with one attached hydrogen (secondary N) is 1. The first kappa shape index (κ1) is 9.48. The fourth-order valence-corrected chi connectivity index (χ4v) is 0.632. The maximum atomic E-state index is 10.6. The minimum absolute atomic E-state index is 0.227. The third kappa shape index (κ3) is 3.96. The summed E-state index contributed by atoms with van der Waals surface area (Å²) in [4.78, 5) is 12.7. The van der Waals surface area contributed by atoms with Crippen molar-refractivity contribution in [3.63, 3.8) is 0 Å². The number of nitrogens with zero attached hydrogens (tertiary/aromatic N) is 1. The van der Waals surface area contributed by atoms with Gasteiger partial charge in [-0.3, -0.25) is 4.79 Å². The van der Waals surface area contributed by atoms with Crippen molar-refractivity contribution in [3.05, 3.63) is 0 Å².